The van der Waals surface area contributed by atoms with Gasteiger partial charge < -0.3 is 24.8 Å². The molecular formula is C22H26N2O5. The number of aryl methyl sites for hydroxylation is 1. The molecular weight excluding hydrogens is 372 g/mol. The zero-order chi connectivity index (χ0) is 20.8. The number of aromatic carboxylic acids is 1. The standard InChI is InChI=1S/C22H26N2O5/c1-15-8-9-17(12-18(15)21(25)26)24-11-10-19(20(13-24)28-2)23-22(27)29-14-16-6-4-3-5-7-16/h3-9,12,19-20H,10-11,13-14H2,1-2H3,(H,23,27)(H,25,26)/t19-,20+/m0/s1. The average molecular weight is 398 g/mol. The first-order chi connectivity index (χ1) is 14.0. The van der Waals surface area contributed by atoms with Gasteiger partial charge >= 0.3 is 12.1 Å². The second-order valence-electron chi connectivity index (χ2n) is 7.13. The number of carbonyl (C=O) groups excluding carboxylic acids is 1. The Morgan fingerprint density at radius 1 is 1.21 bits per heavy atom. The van der Waals surface area contributed by atoms with Crippen molar-refractivity contribution in [1.82, 2.24) is 5.32 Å². The zero-order valence-corrected chi connectivity index (χ0v) is 16.6. The number of alkyl carbamates (subject to hydrolysis) is 1. The van der Waals surface area contributed by atoms with Crippen LogP contribution in [0.3, 0.4) is 0 Å². The van der Waals surface area contributed by atoms with E-state index in [1.54, 1.807) is 20.1 Å². The number of benzene rings is 2. The molecule has 0 aliphatic carbocycles. The van der Waals surface area contributed by atoms with E-state index in [9.17, 15) is 14.7 Å². The Morgan fingerprint density at radius 2 is 1.97 bits per heavy atom. The van der Waals surface area contributed by atoms with Gasteiger partial charge in [-0.05, 0) is 36.6 Å². The number of carboxylic acids is 1. The van der Waals surface area contributed by atoms with Crippen molar-refractivity contribution in [3.8, 4) is 0 Å². The van der Waals surface area contributed by atoms with Gasteiger partial charge in [0.2, 0.25) is 0 Å². The van der Waals surface area contributed by atoms with Crippen LogP contribution in [0.2, 0.25) is 0 Å². The molecule has 0 saturated carbocycles. The third-order valence-electron chi connectivity index (χ3n) is 5.19. The molecule has 2 aromatic rings. The Bertz CT molecular complexity index is 856. The molecule has 1 fully saturated rings. The van der Waals surface area contributed by atoms with Crippen molar-refractivity contribution in [3.05, 3.63) is 65.2 Å². The van der Waals surface area contributed by atoms with Gasteiger partial charge in [0.15, 0.2) is 0 Å². The second kappa shape index (κ2) is 9.43. The number of methoxy groups -OCH3 is 1. The predicted molar refractivity (Wildman–Crippen MR) is 109 cm³/mol. The van der Waals surface area contributed by atoms with Gasteiger partial charge in [0.25, 0.3) is 0 Å². The first-order valence-corrected chi connectivity index (χ1v) is 9.57. The van der Waals surface area contributed by atoms with Crippen LogP contribution in [0.5, 0.6) is 0 Å². The minimum absolute atomic E-state index is 0.177. The summed E-state index contributed by atoms with van der Waals surface area (Å²) < 4.78 is 10.9. The van der Waals surface area contributed by atoms with Gasteiger partial charge in [0, 0.05) is 25.9 Å². The molecule has 0 radical (unpaired) electrons. The number of amides is 1. The van der Waals surface area contributed by atoms with Crippen LogP contribution in [0.1, 0.15) is 27.9 Å². The first kappa shape index (κ1) is 20.7. The van der Waals surface area contributed by atoms with Crippen LogP contribution in [0, 0.1) is 6.92 Å². The van der Waals surface area contributed by atoms with E-state index in [0.717, 1.165) is 16.8 Å². The zero-order valence-electron chi connectivity index (χ0n) is 16.6. The van der Waals surface area contributed by atoms with E-state index >= 15 is 0 Å². The molecule has 1 amide bonds. The Morgan fingerprint density at radius 3 is 2.66 bits per heavy atom. The van der Waals surface area contributed by atoms with E-state index in [2.05, 4.69) is 10.2 Å². The van der Waals surface area contributed by atoms with Crippen molar-refractivity contribution in [2.75, 3.05) is 25.1 Å². The Balaban J connectivity index is 1.58. The van der Waals surface area contributed by atoms with Gasteiger partial charge in [-0.25, -0.2) is 9.59 Å². The van der Waals surface area contributed by atoms with Crippen LogP contribution in [0.4, 0.5) is 10.5 Å². The largest absolute Gasteiger partial charge is 0.478 e. The van der Waals surface area contributed by atoms with E-state index in [1.807, 2.05) is 42.5 Å². The topological polar surface area (TPSA) is 88.1 Å². The average Bonchev–Trinajstić information content (AvgIpc) is 2.73. The highest BCUT2D eigenvalue weighted by atomic mass is 16.5. The summed E-state index contributed by atoms with van der Waals surface area (Å²) in [6.45, 7) is 3.21. The number of anilines is 1. The maximum atomic E-state index is 12.2. The van der Waals surface area contributed by atoms with E-state index in [1.165, 1.54) is 0 Å². The summed E-state index contributed by atoms with van der Waals surface area (Å²) >= 11 is 0. The molecule has 1 saturated heterocycles. The van der Waals surface area contributed by atoms with Crippen molar-refractivity contribution >= 4 is 17.7 Å². The van der Waals surface area contributed by atoms with Crippen molar-refractivity contribution in [1.29, 1.82) is 0 Å². The quantitative estimate of drug-likeness (QED) is 0.777. The number of carbonyl (C=O) groups is 2. The minimum Gasteiger partial charge on any atom is -0.478 e. The molecule has 29 heavy (non-hydrogen) atoms. The van der Waals surface area contributed by atoms with Crippen LogP contribution >= 0.6 is 0 Å². The van der Waals surface area contributed by atoms with Crippen LogP contribution in [0.15, 0.2) is 48.5 Å². The molecule has 0 unspecified atom stereocenters. The lowest BCUT2D eigenvalue weighted by Gasteiger charge is -2.39. The second-order valence-corrected chi connectivity index (χ2v) is 7.13. The molecule has 1 aliphatic rings. The molecule has 2 atom stereocenters. The highest BCUT2D eigenvalue weighted by Crippen LogP contribution is 2.24. The SMILES string of the molecule is CO[C@@H]1CN(c2ccc(C)c(C(=O)O)c2)CC[C@@H]1NC(=O)OCc1ccccc1. The van der Waals surface area contributed by atoms with Crippen molar-refractivity contribution in [3.63, 3.8) is 0 Å². The summed E-state index contributed by atoms with van der Waals surface area (Å²) in [5, 5.41) is 12.3. The number of hydrogen-bond acceptors (Lipinski definition) is 5. The first-order valence-electron chi connectivity index (χ1n) is 9.57. The van der Waals surface area contributed by atoms with E-state index in [4.69, 9.17) is 9.47 Å². The van der Waals surface area contributed by atoms with Crippen LogP contribution in [-0.2, 0) is 16.1 Å². The molecule has 0 spiro atoms. The lowest BCUT2D eigenvalue weighted by Crippen LogP contribution is -2.55. The number of nitrogens with zero attached hydrogens (tertiary/aromatic N) is 1. The Labute approximate surface area is 170 Å². The highest BCUT2D eigenvalue weighted by molar-refractivity contribution is 5.90. The summed E-state index contributed by atoms with van der Waals surface area (Å²) in [4.78, 5) is 25.7. The lowest BCUT2D eigenvalue weighted by molar-refractivity contribution is 0.0546. The molecule has 2 N–H and O–H groups in total. The summed E-state index contributed by atoms with van der Waals surface area (Å²) in [5.74, 6) is -0.939. The molecule has 7 nitrogen and oxygen atoms in total. The molecule has 7 heteroatoms. The van der Waals surface area contributed by atoms with Crippen LogP contribution < -0.4 is 10.2 Å². The number of ether oxygens (including phenoxy) is 2. The van der Waals surface area contributed by atoms with E-state index < -0.39 is 12.1 Å². The van der Waals surface area contributed by atoms with Crippen LogP contribution in [-0.4, -0.2) is 49.5 Å². The Hall–Kier alpha value is -3.06. The molecule has 0 bridgehead atoms. The smallest absolute Gasteiger partial charge is 0.407 e. The van der Waals surface area contributed by atoms with Crippen molar-refractivity contribution < 1.29 is 24.2 Å². The fraction of sp³-hybridized carbons (Fsp3) is 0.364. The van der Waals surface area contributed by atoms with Gasteiger partial charge in [-0.1, -0.05) is 36.4 Å². The number of nitrogens with one attached hydrogen (secondary N) is 1. The Kier molecular flexibility index (Phi) is 6.72. The fourth-order valence-corrected chi connectivity index (χ4v) is 3.51. The van der Waals surface area contributed by atoms with E-state index in [0.29, 0.717) is 25.1 Å². The number of hydrogen-bond donors (Lipinski definition) is 2. The molecule has 3 rings (SSSR count). The van der Waals surface area contributed by atoms with Gasteiger partial charge in [0.05, 0.1) is 17.7 Å². The maximum Gasteiger partial charge on any atom is 0.407 e. The maximum absolute atomic E-state index is 12.2. The molecule has 154 valence electrons. The monoisotopic (exact) mass is 398 g/mol. The highest BCUT2D eigenvalue weighted by Gasteiger charge is 2.31. The van der Waals surface area contributed by atoms with E-state index in [-0.39, 0.29) is 18.8 Å². The summed E-state index contributed by atoms with van der Waals surface area (Å²) in [5.41, 5.74) is 2.78. The third-order valence-corrected chi connectivity index (χ3v) is 5.19. The minimum atomic E-state index is -0.939. The summed E-state index contributed by atoms with van der Waals surface area (Å²) in [7, 11) is 1.61. The van der Waals surface area contributed by atoms with Gasteiger partial charge in [-0.2, -0.15) is 0 Å². The number of carboxylic acid groups (broad SMARTS) is 1. The van der Waals surface area contributed by atoms with Crippen molar-refractivity contribution in [2.24, 2.45) is 0 Å². The fourth-order valence-electron chi connectivity index (χ4n) is 3.51. The molecule has 2 aromatic carbocycles. The number of piperidine rings is 1. The third kappa shape index (κ3) is 5.26. The van der Waals surface area contributed by atoms with Crippen LogP contribution in [0.25, 0.3) is 0 Å². The predicted octanol–water partition coefficient (Wildman–Crippen LogP) is 3.21. The van der Waals surface area contributed by atoms with Crippen molar-refractivity contribution in [2.45, 2.75) is 32.1 Å². The normalized spacial score (nSPS) is 18.9. The number of rotatable bonds is 6. The van der Waals surface area contributed by atoms with Gasteiger partial charge in [-0.3, -0.25) is 0 Å². The lowest BCUT2D eigenvalue weighted by atomic mass is 10.00. The summed E-state index contributed by atoms with van der Waals surface area (Å²) in [6.07, 6.45) is -0.0460. The summed E-state index contributed by atoms with van der Waals surface area (Å²) in [6, 6.07) is 14.7. The molecule has 1 heterocycles. The van der Waals surface area contributed by atoms with Gasteiger partial charge in [0.1, 0.15) is 6.61 Å². The molecule has 1 aliphatic heterocycles. The van der Waals surface area contributed by atoms with Gasteiger partial charge in [-0.15, -0.1) is 0 Å². The molecule has 0 aromatic heterocycles.